The van der Waals surface area contributed by atoms with Gasteiger partial charge in [-0.15, -0.1) is 10.2 Å². The highest BCUT2D eigenvalue weighted by Gasteiger charge is 2.07. The van der Waals surface area contributed by atoms with Crippen LogP contribution in [0.25, 0.3) is 5.65 Å². The van der Waals surface area contributed by atoms with Gasteiger partial charge < -0.3 is 10.6 Å². The first-order chi connectivity index (χ1) is 11.6. The number of nitrogens with one attached hydrogen (secondary N) is 2. The van der Waals surface area contributed by atoms with Gasteiger partial charge in [0.25, 0.3) is 0 Å². The number of rotatable bonds is 8. The summed E-state index contributed by atoms with van der Waals surface area (Å²) >= 11 is 0. The Morgan fingerprint density at radius 3 is 2.79 bits per heavy atom. The lowest BCUT2D eigenvalue weighted by molar-refractivity contribution is 0.489. The minimum atomic E-state index is 0.430. The lowest BCUT2D eigenvalue weighted by atomic mass is 10.0. The van der Waals surface area contributed by atoms with Crippen LogP contribution in [-0.4, -0.2) is 40.2 Å². The average Bonchev–Trinajstić information content (AvgIpc) is 2.99. The van der Waals surface area contributed by atoms with Gasteiger partial charge >= 0.3 is 0 Å². The zero-order chi connectivity index (χ0) is 17.4. The molecule has 0 amide bonds. The fourth-order valence-electron chi connectivity index (χ4n) is 2.60. The molecular formula is C18H30N6. The Balaban J connectivity index is 1.72. The second kappa shape index (κ2) is 9.25. The Bertz CT molecular complexity index is 646. The van der Waals surface area contributed by atoms with Gasteiger partial charge in [0.2, 0.25) is 0 Å². The summed E-state index contributed by atoms with van der Waals surface area (Å²) in [5.74, 6) is 2.61. The number of fused-ring (bicyclic) bond motifs is 1. The number of aryl methyl sites for hydroxylation is 1. The number of aromatic nitrogens is 3. The van der Waals surface area contributed by atoms with Crippen LogP contribution in [0.4, 0.5) is 0 Å². The fourth-order valence-corrected chi connectivity index (χ4v) is 2.60. The Hall–Kier alpha value is -2.11. The van der Waals surface area contributed by atoms with Crippen molar-refractivity contribution < 1.29 is 0 Å². The van der Waals surface area contributed by atoms with Crippen LogP contribution in [-0.2, 0) is 6.42 Å². The summed E-state index contributed by atoms with van der Waals surface area (Å²) in [7, 11) is 1.82. The van der Waals surface area contributed by atoms with E-state index in [4.69, 9.17) is 0 Å². The first-order valence-electron chi connectivity index (χ1n) is 8.86. The van der Waals surface area contributed by atoms with Crippen LogP contribution in [0.3, 0.4) is 0 Å². The summed E-state index contributed by atoms with van der Waals surface area (Å²) in [4.78, 5) is 4.30. The zero-order valence-electron chi connectivity index (χ0n) is 15.3. The van der Waals surface area contributed by atoms with Crippen LogP contribution in [0.1, 0.15) is 45.9 Å². The van der Waals surface area contributed by atoms with Gasteiger partial charge in [-0.05, 0) is 44.2 Å². The molecule has 0 spiro atoms. The van der Waals surface area contributed by atoms with Crippen molar-refractivity contribution in [3.63, 3.8) is 0 Å². The molecule has 24 heavy (non-hydrogen) atoms. The molecule has 0 aromatic carbocycles. The molecule has 0 saturated heterocycles. The van der Waals surface area contributed by atoms with E-state index < -0.39 is 0 Å². The molecule has 2 N–H and O–H groups in total. The molecule has 0 radical (unpaired) electrons. The fraction of sp³-hybridized carbons (Fsp3) is 0.611. The number of nitrogens with zero attached hydrogens (tertiary/aromatic N) is 4. The van der Waals surface area contributed by atoms with Crippen molar-refractivity contribution >= 4 is 11.6 Å². The molecule has 0 saturated carbocycles. The predicted octanol–water partition coefficient (Wildman–Crippen LogP) is 2.65. The van der Waals surface area contributed by atoms with E-state index in [0.717, 1.165) is 49.2 Å². The molecule has 0 bridgehead atoms. The highest BCUT2D eigenvalue weighted by Crippen LogP contribution is 2.06. The SMILES string of the molecule is CN=C(NCCCc1nnc2ccccn12)NC(C)CCC(C)C. The minimum absolute atomic E-state index is 0.430. The summed E-state index contributed by atoms with van der Waals surface area (Å²) in [6.07, 6.45) is 6.26. The van der Waals surface area contributed by atoms with Crippen molar-refractivity contribution in [2.24, 2.45) is 10.9 Å². The third-order valence-corrected chi connectivity index (χ3v) is 4.04. The number of hydrogen-bond acceptors (Lipinski definition) is 3. The monoisotopic (exact) mass is 330 g/mol. The van der Waals surface area contributed by atoms with Crippen molar-refractivity contribution in [1.29, 1.82) is 0 Å². The van der Waals surface area contributed by atoms with Gasteiger partial charge in [0.1, 0.15) is 5.82 Å². The summed E-state index contributed by atoms with van der Waals surface area (Å²) < 4.78 is 2.04. The van der Waals surface area contributed by atoms with Gasteiger partial charge in [-0.25, -0.2) is 0 Å². The van der Waals surface area contributed by atoms with Crippen molar-refractivity contribution in [3.8, 4) is 0 Å². The van der Waals surface area contributed by atoms with Gasteiger partial charge in [-0.1, -0.05) is 19.9 Å². The molecular weight excluding hydrogens is 300 g/mol. The summed E-state index contributed by atoms with van der Waals surface area (Å²) in [6.45, 7) is 7.58. The van der Waals surface area contributed by atoms with E-state index in [1.807, 2.05) is 35.8 Å². The number of guanidine groups is 1. The molecule has 2 aromatic rings. The molecule has 2 aromatic heterocycles. The molecule has 0 aliphatic heterocycles. The molecule has 2 heterocycles. The van der Waals surface area contributed by atoms with Crippen LogP contribution in [0.2, 0.25) is 0 Å². The third-order valence-electron chi connectivity index (χ3n) is 4.04. The van der Waals surface area contributed by atoms with Gasteiger partial charge in [0, 0.05) is 32.3 Å². The van der Waals surface area contributed by atoms with Crippen LogP contribution in [0.5, 0.6) is 0 Å². The normalized spacial score (nSPS) is 13.5. The Labute approximate surface area is 144 Å². The van der Waals surface area contributed by atoms with E-state index in [-0.39, 0.29) is 0 Å². The first-order valence-corrected chi connectivity index (χ1v) is 8.86. The predicted molar refractivity (Wildman–Crippen MR) is 99.3 cm³/mol. The molecule has 132 valence electrons. The van der Waals surface area contributed by atoms with Crippen LogP contribution >= 0.6 is 0 Å². The number of aliphatic imine (C=N–C) groups is 1. The molecule has 6 heteroatoms. The average molecular weight is 330 g/mol. The van der Waals surface area contributed by atoms with E-state index >= 15 is 0 Å². The standard InChI is InChI=1S/C18H30N6/c1-14(2)10-11-15(3)21-18(19-4)20-12-7-9-17-23-22-16-8-5-6-13-24(16)17/h5-6,8,13-15H,7,9-12H2,1-4H3,(H2,19,20,21). The van der Waals surface area contributed by atoms with E-state index in [1.54, 1.807) is 0 Å². The van der Waals surface area contributed by atoms with Crippen LogP contribution in [0, 0.1) is 5.92 Å². The number of pyridine rings is 1. The Morgan fingerprint density at radius 2 is 2.04 bits per heavy atom. The van der Waals surface area contributed by atoms with Crippen LogP contribution < -0.4 is 10.6 Å². The molecule has 1 atom stereocenters. The third kappa shape index (κ3) is 5.51. The van der Waals surface area contributed by atoms with E-state index in [1.165, 1.54) is 6.42 Å². The summed E-state index contributed by atoms with van der Waals surface area (Å²) in [6, 6.07) is 6.38. The second-order valence-electron chi connectivity index (χ2n) is 6.66. The minimum Gasteiger partial charge on any atom is -0.356 e. The molecule has 1 unspecified atom stereocenters. The highest BCUT2D eigenvalue weighted by molar-refractivity contribution is 5.79. The van der Waals surface area contributed by atoms with Crippen molar-refractivity contribution in [1.82, 2.24) is 25.2 Å². The van der Waals surface area contributed by atoms with Crippen molar-refractivity contribution in [2.75, 3.05) is 13.6 Å². The van der Waals surface area contributed by atoms with E-state index in [0.29, 0.717) is 6.04 Å². The maximum atomic E-state index is 4.30. The lowest BCUT2D eigenvalue weighted by Crippen LogP contribution is -2.42. The Kier molecular flexibility index (Phi) is 7.03. The van der Waals surface area contributed by atoms with Crippen molar-refractivity contribution in [2.45, 2.75) is 52.5 Å². The Morgan fingerprint density at radius 1 is 1.21 bits per heavy atom. The molecule has 0 aliphatic carbocycles. The summed E-state index contributed by atoms with van der Waals surface area (Å²) in [5.41, 5.74) is 0.900. The van der Waals surface area contributed by atoms with E-state index in [2.05, 4.69) is 46.6 Å². The van der Waals surface area contributed by atoms with Gasteiger partial charge in [0.15, 0.2) is 11.6 Å². The molecule has 0 fully saturated rings. The van der Waals surface area contributed by atoms with Crippen molar-refractivity contribution in [3.05, 3.63) is 30.2 Å². The van der Waals surface area contributed by atoms with Gasteiger partial charge in [0.05, 0.1) is 0 Å². The largest absolute Gasteiger partial charge is 0.356 e. The number of hydrogen-bond donors (Lipinski definition) is 2. The summed E-state index contributed by atoms with van der Waals surface area (Å²) in [5, 5.41) is 15.3. The molecule has 2 rings (SSSR count). The zero-order valence-corrected chi connectivity index (χ0v) is 15.3. The smallest absolute Gasteiger partial charge is 0.191 e. The van der Waals surface area contributed by atoms with Gasteiger partial charge in [-0.3, -0.25) is 9.39 Å². The lowest BCUT2D eigenvalue weighted by Gasteiger charge is -2.18. The van der Waals surface area contributed by atoms with Gasteiger partial charge in [-0.2, -0.15) is 0 Å². The maximum Gasteiger partial charge on any atom is 0.191 e. The highest BCUT2D eigenvalue weighted by atomic mass is 15.2. The topological polar surface area (TPSA) is 66.6 Å². The second-order valence-corrected chi connectivity index (χ2v) is 6.66. The van der Waals surface area contributed by atoms with Crippen LogP contribution in [0.15, 0.2) is 29.4 Å². The quantitative estimate of drug-likeness (QED) is 0.444. The van der Waals surface area contributed by atoms with E-state index in [9.17, 15) is 0 Å². The first kappa shape index (κ1) is 18.2. The molecule has 0 aliphatic rings. The molecule has 6 nitrogen and oxygen atoms in total. The maximum absolute atomic E-state index is 4.30.